The zero-order valence-electron chi connectivity index (χ0n) is 13.4. The Labute approximate surface area is 140 Å². The smallest absolute Gasteiger partial charge is 0.217 e. The lowest BCUT2D eigenvalue weighted by Gasteiger charge is -2.18. The van der Waals surface area contributed by atoms with Crippen LogP contribution in [-0.2, 0) is 24.1 Å². The van der Waals surface area contributed by atoms with Crippen LogP contribution in [0.5, 0.6) is 0 Å². The summed E-state index contributed by atoms with van der Waals surface area (Å²) in [6.45, 7) is 0. The number of hydrogen-bond donors (Lipinski definition) is 1. The maximum absolute atomic E-state index is 11.2. The summed E-state index contributed by atoms with van der Waals surface area (Å²) < 4.78 is 2.02. The molecule has 0 radical (unpaired) electrons. The topological polar surface area (TPSA) is 60.9 Å². The number of amides is 1. The van der Waals surface area contributed by atoms with Gasteiger partial charge in [-0.05, 0) is 30.5 Å². The fraction of sp³-hybridized carbons (Fsp3) is 0.200. The second-order valence-corrected chi connectivity index (χ2v) is 6.14. The highest BCUT2D eigenvalue weighted by molar-refractivity contribution is 5.75. The zero-order valence-corrected chi connectivity index (χ0v) is 13.4. The second-order valence-electron chi connectivity index (χ2n) is 6.14. The molecule has 4 rings (SSSR count). The van der Waals surface area contributed by atoms with Gasteiger partial charge in [-0.25, -0.2) is 4.68 Å². The molecule has 0 saturated carbocycles. The van der Waals surface area contributed by atoms with Gasteiger partial charge >= 0.3 is 0 Å². The number of para-hydroxylation sites is 1. The molecule has 1 heterocycles. The molecule has 2 N–H and O–H groups in total. The van der Waals surface area contributed by atoms with Gasteiger partial charge in [-0.15, -0.1) is 0 Å². The number of nitrogens with two attached hydrogens (primary N) is 1. The summed E-state index contributed by atoms with van der Waals surface area (Å²) in [5, 5.41) is 4.84. The molecule has 1 aromatic heterocycles. The van der Waals surface area contributed by atoms with E-state index in [1.54, 1.807) is 0 Å². The molecule has 3 aromatic rings. The quantitative estimate of drug-likeness (QED) is 0.804. The van der Waals surface area contributed by atoms with E-state index in [1.165, 1.54) is 16.7 Å². The zero-order chi connectivity index (χ0) is 16.5. The van der Waals surface area contributed by atoms with E-state index < -0.39 is 0 Å². The third-order valence-electron chi connectivity index (χ3n) is 4.59. The van der Waals surface area contributed by atoms with Crippen LogP contribution in [0, 0.1) is 0 Å². The first-order valence-corrected chi connectivity index (χ1v) is 8.27. The number of fused-ring (bicyclic) bond motifs is 3. The van der Waals surface area contributed by atoms with Crippen molar-refractivity contribution in [3.63, 3.8) is 0 Å². The van der Waals surface area contributed by atoms with Crippen molar-refractivity contribution in [1.29, 1.82) is 0 Å². The van der Waals surface area contributed by atoms with Crippen LogP contribution in [0.1, 0.15) is 23.2 Å². The summed E-state index contributed by atoms with van der Waals surface area (Å²) in [6.07, 6.45) is 2.89. The van der Waals surface area contributed by atoms with Gasteiger partial charge in [0.2, 0.25) is 5.91 Å². The lowest BCUT2D eigenvalue weighted by molar-refractivity contribution is -0.118. The molecular formula is C20H19N3O. The molecule has 120 valence electrons. The molecular weight excluding hydrogens is 298 g/mol. The Hall–Kier alpha value is -2.88. The Morgan fingerprint density at radius 3 is 2.58 bits per heavy atom. The number of carbonyl (C=O) groups is 1. The van der Waals surface area contributed by atoms with Gasteiger partial charge in [0, 0.05) is 24.0 Å². The van der Waals surface area contributed by atoms with E-state index in [-0.39, 0.29) is 5.91 Å². The summed E-state index contributed by atoms with van der Waals surface area (Å²) in [4.78, 5) is 11.2. The van der Waals surface area contributed by atoms with Crippen molar-refractivity contribution in [2.24, 2.45) is 5.73 Å². The van der Waals surface area contributed by atoms with Gasteiger partial charge in [0.25, 0.3) is 0 Å². The van der Waals surface area contributed by atoms with Crippen molar-refractivity contribution in [2.45, 2.75) is 25.7 Å². The predicted octanol–water partition coefficient (Wildman–Crippen LogP) is 3.06. The van der Waals surface area contributed by atoms with Crippen LogP contribution in [-0.4, -0.2) is 15.7 Å². The fourth-order valence-electron chi connectivity index (χ4n) is 3.46. The van der Waals surface area contributed by atoms with Gasteiger partial charge in [-0.1, -0.05) is 42.5 Å². The highest BCUT2D eigenvalue weighted by Crippen LogP contribution is 2.37. The molecule has 1 aliphatic rings. The fourth-order valence-corrected chi connectivity index (χ4v) is 3.46. The van der Waals surface area contributed by atoms with Crippen molar-refractivity contribution in [3.8, 4) is 16.9 Å². The molecule has 1 aliphatic carbocycles. The van der Waals surface area contributed by atoms with Crippen LogP contribution in [0.25, 0.3) is 16.9 Å². The van der Waals surface area contributed by atoms with Gasteiger partial charge < -0.3 is 5.73 Å². The first-order chi connectivity index (χ1) is 11.7. The largest absolute Gasteiger partial charge is 0.370 e. The van der Waals surface area contributed by atoms with Crippen molar-refractivity contribution >= 4 is 5.91 Å². The normalized spacial score (nSPS) is 12.5. The van der Waals surface area contributed by atoms with Crippen LogP contribution in [0.4, 0.5) is 0 Å². The van der Waals surface area contributed by atoms with Crippen molar-refractivity contribution in [1.82, 2.24) is 9.78 Å². The van der Waals surface area contributed by atoms with Gasteiger partial charge in [-0.3, -0.25) is 4.79 Å². The number of primary amides is 1. The van der Waals surface area contributed by atoms with Gasteiger partial charge in [0.1, 0.15) is 0 Å². The minimum absolute atomic E-state index is 0.283. The lowest BCUT2D eigenvalue weighted by Crippen LogP contribution is -2.12. The molecule has 24 heavy (non-hydrogen) atoms. The third kappa shape index (κ3) is 2.50. The van der Waals surface area contributed by atoms with Gasteiger partial charge in [0.05, 0.1) is 17.1 Å². The first-order valence-electron chi connectivity index (χ1n) is 8.27. The van der Waals surface area contributed by atoms with E-state index in [9.17, 15) is 4.79 Å². The molecule has 4 nitrogen and oxygen atoms in total. The maximum Gasteiger partial charge on any atom is 0.217 e. The summed E-state index contributed by atoms with van der Waals surface area (Å²) in [7, 11) is 0. The van der Waals surface area contributed by atoms with Crippen molar-refractivity contribution < 1.29 is 4.79 Å². The molecule has 0 fully saturated rings. The Morgan fingerprint density at radius 1 is 1.04 bits per heavy atom. The highest BCUT2D eigenvalue weighted by Gasteiger charge is 2.25. The average Bonchev–Trinajstić information content (AvgIpc) is 3.00. The third-order valence-corrected chi connectivity index (χ3v) is 4.59. The van der Waals surface area contributed by atoms with Gasteiger partial charge in [-0.2, -0.15) is 5.10 Å². The highest BCUT2D eigenvalue weighted by atomic mass is 16.1. The lowest BCUT2D eigenvalue weighted by atomic mass is 9.88. The van der Waals surface area contributed by atoms with E-state index in [2.05, 4.69) is 36.4 Å². The number of nitrogens with zero attached hydrogens (tertiary/aromatic N) is 2. The molecule has 4 heteroatoms. The van der Waals surface area contributed by atoms with Crippen molar-refractivity contribution in [2.75, 3.05) is 0 Å². The van der Waals surface area contributed by atoms with E-state index >= 15 is 0 Å². The molecule has 0 spiro atoms. The van der Waals surface area contributed by atoms with E-state index in [0.29, 0.717) is 12.8 Å². The minimum Gasteiger partial charge on any atom is -0.370 e. The Bertz CT molecular complexity index is 897. The number of aryl methyl sites for hydroxylation is 2. The van der Waals surface area contributed by atoms with Crippen LogP contribution in [0.15, 0.2) is 54.6 Å². The van der Waals surface area contributed by atoms with E-state index in [0.717, 1.165) is 29.9 Å². The summed E-state index contributed by atoms with van der Waals surface area (Å²) in [6, 6.07) is 18.6. The van der Waals surface area contributed by atoms with Crippen LogP contribution in [0.3, 0.4) is 0 Å². The number of aromatic nitrogens is 2. The van der Waals surface area contributed by atoms with Crippen LogP contribution >= 0.6 is 0 Å². The number of rotatable bonds is 4. The Balaban J connectivity index is 1.90. The maximum atomic E-state index is 11.2. The monoisotopic (exact) mass is 317 g/mol. The Kier molecular flexibility index (Phi) is 3.65. The number of benzene rings is 2. The van der Waals surface area contributed by atoms with Gasteiger partial charge in [0.15, 0.2) is 0 Å². The minimum atomic E-state index is -0.283. The predicted molar refractivity (Wildman–Crippen MR) is 93.9 cm³/mol. The number of carbonyl (C=O) groups excluding carboxylic acids is 1. The van der Waals surface area contributed by atoms with Crippen molar-refractivity contribution in [3.05, 3.63) is 71.4 Å². The number of hydrogen-bond acceptors (Lipinski definition) is 2. The molecule has 0 aliphatic heterocycles. The summed E-state index contributed by atoms with van der Waals surface area (Å²) >= 11 is 0. The van der Waals surface area contributed by atoms with Crippen LogP contribution in [0.2, 0.25) is 0 Å². The second kappa shape index (κ2) is 5.96. The molecule has 0 atom stereocenters. The Morgan fingerprint density at radius 2 is 1.79 bits per heavy atom. The standard InChI is InChI=1S/C20H19N3O/c21-19(24)13-12-18-17-11-10-14-6-4-5-9-16(14)20(17)23(22-18)15-7-2-1-3-8-15/h1-9H,10-13H2,(H2,21,24). The van der Waals surface area contributed by atoms with E-state index in [1.807, 2.05) is 22.9 Å². The molecule has 1 amide bonds. The molecule has 0 saturated heterocycles. The SMILES string of the molecule is NC(=O)CCc1nn(-c2ccccc2)c2c1CCc1ccccc1-2. The molecule has 0 unspecified atom stereocenters. The molecule has 2 aromatic carbocycles. The molecule has 0 bridgehead atoms. The summed E-state index contributed by atoms with van der Waals surface area (Å²) in [5.41, 5.74) is 12.4. The average molecular weight is 317 g/mol. The van der Waals surface area contributed by atoms with Crippen LogP contribution < -0.4 is 5.73 Å². The summed E-state index contributed by atoms with van der Waals surface area (Å²) in [5.74, 6) is -0.283. The van der Waals surface area contributed by atoms with E-state index in [4.69, 9.17) is 10.8 Å². The first kappa shape index (κ1) is 14.7.